The van der Waals surface area contributed by atoms with Crippen molar-refractivity contribution in [2.75, 3.05) is 0 Å². The molecule has 0 saturated carbocycles. The van der Waals surface area contributed by atoms with Gasteiger partial charge in [-0.1, -0.05) is 11.6 Å². The molecule has 0 amide bonds. The molecule has 0 spiro atoms. The third kappa shape index (κ3) is 0.982. The molecular formula is C8H10N2O. The van der Waals surface area contributed by atoms with Gasteiger partial charge in [0.15, 0.2) is 5.75 Å². The lowest BCUT2D eigenvalue weighted by molar-refractivity contribution is 0.196. The van der Waals surface area contributed by atoms with E-state index in [0.717, 1.165) is 11.3 Å². The second kappa shape index (κ2) is 2.22. The van der Waals surface area contributed by atoms with Crippen LogP contribution in [0.2, 0.25) is 0 Å². The fourth-order valence-corrected chi connectivity index (χ4v) is 1.19. The highest BCUT2D eigenvalue weighted by Crippen LogP contribution is 2.27. The van der Waals surface area contributed by atoms with Crippen LogP contribution >= 0.6 is 0 Å². The zero-order valence-electron chi connectivity index (χ0n) is 6.29. The lowest BCUT2D eigenvalue weighted by atomic mass is 10.1. The first-order valence-electron chi connectivity index (χ1n) is 3.56. The van der Waals surface area contributed by atoms with Gasteiger partial charge in [-0.3, -0.25) is 0 Å². The van der Waals surface area contributed by atoms with Gasteiger partial charge in [0.25, 0.3) is 0 Å². The molecule has 1 heterocycles. The van der Waals surface area contributed by atoms with Crippen LogP contribution in [0, 0.1) is 6.92 Å². The maximum absolute atomic E-state index is 5.68. The van der Waals surface area contributed by atoms with E-state index in [1.165, 1.54) is 5.56 Å². The van der Waals surface area contributed by atoms with Gasteiger partial charge in [-0.2, -0.15) is 0 Å². The van der Waals surface area contributed by atoms with E-state index >= 15 is 0 Å². The molecular weight excluding hydrogens is 140 g/mol. The number of rotatable bonds is 0. The summed E-state index contributed by atoms with van der Waals surface area (Å²) in [4.78, 5) is 5.09. The molecule has 3 N–H and O–H groups in total. The highest BCUT2D eigenvalue weighted by molar-refractivity contribution is 5.40. The fourth-order valence-electron chi connectivity index (χ4n) is 1.19. The quantitative estimate of drug-likeness (QED) is 0.576. The van der Waals surface area contributed by atoms with E-state index in [1.807, 2.05) is 25.1 Å². The smallest absolute Gasteiger partial charge is 0.153 e. The van der Waals surface area contributed by atoms with Crippen molar-refractivity contribution in [3.05, 3.63) is 29.3 Å². The Morgan fingerprint density at radius 2 is 2.36 bits per heavy atom. The summed E-state index contributed by atoms with van der Waals surface area (Å²) in [6.45, 7) is 2.03. The Kier molecular flexibility index (Phi) is 1.34. The molecule has 1 atom stereocenters. The molecule has 1 aromatic carbocycles. The molecule has 0 radical (unpaired) electrons. The zero-order valence-corrected chi connectivity index (χ0v) is 6.29. The molecule has 3 nitrogen and oxygen atoms in total. The molecule has 0 saturated heterocycles. The molecule has 0 fully saturated rings. The molecule has 0 aromatic heterocycles. The molecule has 3 heteroatoms. The molecule has 0 aliphatic carbocycles. The van der Waals surface area contributed by atoms with E-state index in [4.69, 9.17) is 10.6 Å². The van der Waals surface area contributed by atoms with Crippen molar-refractivity contribution in [1.82, 2.24) is 5.48 Å². The summed E-state index contributed by atoms with van der Waals surface area (Å²) in [6.07, 6.45) is -0.176. The molecule has 58 valence electrons. The minimum absolute atomic E-state index is 0.176. The average Bonchev–Trinajstić information content (AvgIpc) is 2.33. The minimum Gasteiger partial charge on any atom is -0.406 e. The van der Waals surface area contributed by atoms with Crippen LogP contribution in [0.5, 0.6) is 5.75 Å². The number of hydrogen-bond donors (Lipinski definition) is 2. The number of fused-ring (bicyclic) bond motifs is 1. The lowest BCUT2D eigenvalue weighted by Crippen LogP contribution is -2.24. The van der Waals surface area contributed by atoms with E-state index in [1.54, 1.807) is 0 Å². The predicted molar refractivity (Wildman–Crippen MR) is 41.9 cm³/mol. The largest absolute Gasteiger partial charge is 0.406 e. The van der Waals surface area contributed by atoms with Crippen LogP contribution in [0.25, 0.3) is 0 Å². The van der Waals surface area contributed by atoms with E-state index in [-0.39, 0.29) is 6.17 Å². The summed E-state index contributed by atoms with van der Waals surface area (Å²) in [6, 6.07) is 5.95. The number of nitrogens with two attached hydrogens (primary N) is 1. The van der Waals surface area contributed by atoms with Crippen molar-refractivity contribution in [1.29, 1.82) is 0 Å². The molecule has 2 rings (SSSR count). The first-order valence-corrected chi connectivity index (χ1v) is 3.56. The number of benzene rings is 1. The highest BCUT2D eigenvalue weighted by atomic mass is 16.7. The summed E-state index contributed by atoms with van der Waals surface area (Å²) < 4.78 is 0. The van der Waals surface area contributed by atoms with Crippen molar-refractivity contribution >= 4 is 0 Å². The number of hydrogen-bond acceptors (Lipinski definition) is 3. The Morgan fingerprint density at radius 1 is 1.55 bits per heavy atom. The normalized spacial score (nSPS) is 21.1. The third-order valence-electron chi connectivity index (χ3n) is 1.80. The summed E-state index contributed by atoms with van der Waals surface area (Å²) in [5.74, 6) is 0.836. The monoisotopic (exact) mass is 150 g/mol. The number of nitrogens with one attached hydrogen (secondary N) is 1. The standard InChI is InChI=1S/C8H10N2O/c1-5-2-3-7-6(4-5)8(9)10-11-7/h2-4,8,10H,9H2,1H3. The van der Waals surface area contributed by atoms with E-state index in [9.17, 15) is 0 Å². The van der Waals surface area contributed by atoms with Gasteiger partial charge >= 0.3 is 0 Å². The SMILES string of the molecule is Cc1ccc2c(c1)C(N)NO2. The van der Waals surface area contributed by atoms with Gasteiger partial charge in [0.05, 0.1) is 0 Å². The summed E-state index contributed by atoms with van der Waals surface area (Å²) in [7, 11) is 0. The predicted octanol–water partition coefficient (Wildman–Crippen LogP) is 0.849. The van der Waals surface area contributed by atoms with Crippen molar-refractivity contribution < 1.29 is 4.84 Å². The average molecular weight is 150 g/mol. The summed E-state index contributed by atoms with van der Waals surface area (Å²) in [5.41, 5.74) is 10.6. The van der Waals surface area contributed by atoms with E-state index in [0.29, 0.717) is 0 Å². The Hall–Kier alpha value is -1.06. The fraction of sp³-hybridized carbons (Fsp3) is 0.250. The molecule has 0 bridgehead atoms. The van der Waals surface area contributed by atoms with Crippen molar-refractivity contribution in [2.24, 2.45) is 5.73 Å². The van der Waals surface area contributed by atoms with E-state index < -0.39 is 0 Å². The minimum atomic E-state index is -0.176. The third-order valence-corrected chi connectivity index (χ3v) is 1.80. The molecule has 1 aliphatic rings. The van der Waals surface area contributed by atoms with Gasteiger partial charge in [-0.05, 0) is 19.1 Å². The lowest BCUT2D eigenvalue weighted by Gasteiger charge is -1.99. The second-order valence-electron chi connectivity index (χ2n) is 2.74. The molecule has 1 aromatic rings. The van der Waals surface area contributed by atoms with Gasteiger partial charge in [-0.25, -0.2) is 0 Å². The van der Waals surface area contributed by atoms with Crippen molar-refractivity contribution in [2.45, 2.75) is 13.1 Å². The Balaban J connectivity index is 2.52. The number of aryl methyl sites for hydroxylation is 1. The van der Waals surface area contributed by atoms with Gasteiger partial charge < -0.3 is 10.6 Å². The maximum atomic E-state index is 5.68. The number of hydroxylamine groups is 1. The van der Waals surface area contributed by atoms with Crippen LogP contribution in [0.3, 0.4) is 0 Å². The van der Waals surface area contributed by atoms with Crippen LogP contribution in [0.4, 0.5) is 0 Å². The van der Waals surface area contributed by atoms with Gasteiger partial charge in [0, 0.05) is 5.56 Å². The Labute approximate surface area is 65.1 Å². The van der Waals surface area contributed by atoms with Crippen LogP contribution in [-0.2, 0) is 0 Å². The van der Waals surface area contributed by atoms with E-state index in [2.05, 4.69) is 5.48 Å². The molecule has 1 aliphatic heterocycles. The maximum Gasteiger partial charge on any atom is 0.153 e. The topological polar surface area (TPSA) is 47.3 Å². The highest BCUT2D eigenvalue weighted by Gasteiger charge is 2.19. The molecule has 1 unspecified atom stereocenters. The Morgan fingerprint density at radius 3 is 3.18 bits per heavy atom. The first-order chi connectivity index (χ1) is 5.27. The molecule has 11 heavy (non-hydrogen) atoms. The van der Waals surface area contributed by atoms with Crippen molar-refractivity contribution in [3.8, 4) is 5.75 Å². The van der Waals surface area contributed by atoms with Crippen LogP contribution < -0.4 is 16.1 Å². The van der Waals surface area contributed by atoms with Crippen LogP contribution in [0.15, 0.2) is 18.2 Å². The summed E-state index contributed by atoms with van der Waals surface area (Å²) in [5, 5.41) is 0. The van der Waals surface area contributed by atoms with Crippen LogP contribution in [0.1, 0.15) is 17.3 Å². The van der Waals surface area contributed by atoms with Crippen molar-refractivity contribution in [3.63, 3.8) is 0 Å². The van der Waals surface area contributed by atoms with Crippen LogP contribution in [-0.4, -0.2) is 0 Å². The van der Waals surface area contributed by atoms with Gasteiger partial charge in [0.1, 0.15) is 6.17 Å². The van der Waals surface area contributed by atoms with Gasteiger partial charge in [-0.15, -0.1) is 5.48 Å². The van der Waals surface area contributed by atoms with Gasteiger partial charge in [0.2, 0.25) is 0 Å². The summed E-state index contributed by atoms with van der Waals surface area (Å²) >= 11 is 0. The Bertz CT molecular complexity index is 285. The first kappa shape index (κ1) is 6.64. The zero-order chi connectivity index (χ0) is 7.84. The second-order valence-corrected chi connectivity index (χ2v) is 2.74.